The van der Waals surface area contributed by atoms with Crippen molar-refractivity contribution in [3.05, 3.63) is 72.3 Å². The number of carbonyl (C=O) groups is 2. The molecule has 2 aromatic rings. The minimum atomic E-state index is -0.269. The highest BCUT2D eigenvalue weighted by molar-refractivity contribution is 6.02. The maximum Gasteiger partial charge on any atom is 0.251 e. The van der Waals surface area contributed by atoms with E-state index < -0.39 is 0 Å². The Bertz CT molecular complexity index is 944. The molecule has 2 amide bonds. The largest absolute Gasteiger partial charge is 0.493 e. The molecule has 3 rings (SSSR count). The third-order valence-corrected chi connectivity index (χ3v) is 5.08. The number of benzene rings is 2. The summed E-state index contributed by atoms with van der Waals surface area (Å²) >= 11 is 0. The van der Waals surface area contributed by atoms with Gasteiger partial charge in [0.2, 0.25) is 5.91 Å². The number of methoxy groups -OCH3 is 1. The van der Waals surface area contributed by atoms with Gasteiger partial charge in [0, 0.05) is 23.4 Å². The Morgan fingerprint density at radius 3 is 2.52 bits per heavy atom. The van der Waals surface area contributed by atoms with Crippen LogP contribution in [-0.4, -0.2) is 31.6 Å². The lowest BCUT2D eigenvalue weighted by Gasteiger charge is -2.12. The molecule has 0 aliphatic heterocycles. The van der Waals surface area contributed by atoms with E-state index in [0.717, 1.165) is 18.4 Å². The van der Waals surface area contributed by atoms with E-state index in [1.165, 1.54) is 18.9 Å². The van der Waals surface area contributed by atoms with Crippen molar-refractivity contribution in [1.82, 2.24) is 5.32 Å². The zero-order valence-electron chi connectivity index (χ0n) is 17.7. The van der Waals surface area contributed by atoms with Gasteiger partial charge in [0.25, 0.3) is 5.91 Å². The predicted molar refractivity (Wildman–Crippen MR) is 123 cm³/mol. The molecular weight excluding hydrogens is 392 g/mol. The second-order valence-electron chi connectivity index (χ2n) is 7.36. The van der Waals surface area contributed by atoms with E-state index in [9.17, 15) is 9.59 Å². The Balaban J connectivity index is 1.55. The number of nitrogens with one attached hydrogen (secondary N) is 2. The summed E-state index contributed by atoms with van der Waals surface area (Å²) in [6.07, 6.45) is 9.22. The summed E-state index contributed by atoms with van der Waals surface area (Å²) in [6, 6.07) is 12.6. The van der Waals surface area contributed by atoms with Crippen LogP contribution in [0.3, 0.4) is 0 Å². The monoisotopic (exact) mass is 420 g/mol. The molecule has 1 saturated carbocycles. The highest BCUT2D eigenvalue weighted by atomic mass is 16.5. The van der Waals surface area contributed by atoms with Gasteiger partial charge >= 0.3 is 0 Å². The van der Waals surface area contributed by atoms with Gasteiger partial charge in [-0.25, -0.2) is 0 Å². The van der Waals surface area contributed by atoms with Gasteiger partial charge in [0.15, 0.2) is 11.5 Å². The van der Waals surface area contributed by atoms with Crippen LogP contribution in [0.2, 0.25) is 0 Å². The standard InChI is InChI=1S/C25H28N2O4/c1-3-16-31-22-14-8-18(17-23(22)30-2)9-15-24(28)26-21-12-10-19(11-13-21)25(29)27-20-6-4-5-7-20/h3,8-15,17,20H,1,4-7,16H2,2H3,(H,26,28)(H,27,29)/b15-9+. The van der Waals surface area contributed by atoms with Crippen LogP contribution in [0.25, 0.3) is 6.08 Å². The Morgan fingerprint density at radius 2 is 1.84 bits per heavy atom. The average Bonchev–Trinajstić information content (AvgIpc) is 3.30. The first-order chi connectivity index (χ1) is 15.1. The lowest BCUT2D eigenvalue weighted by molar-refractivity contribution is -0.111. The van der Waals surface area contributed by atoms with E-state index in [4.69, 9.17) is 9.47 Å². The van der Waals surface area contributed by atoms with Crippen LogP contribution in [0.5, 0.6) is 11.5 Å². The Labute approximate surface area is 182 Å². The summed E-state index contributed by atoms with van der Waals surface area (Å²) in [5.74, 6) is 0.852. The van der Waals surface area contributed by atoms with Gasteiger partial charge in [-0.3, -0.25) is 9.59 Å². The van der Waals surface area contributed by atoms with E-state index in [-0.39, 0.29) is 17.9 Å². The molecule has 0 heterocycles. The Hall–Kier alpha value is -3.54. The minimum Gasteiger partial charge on any atom is -0.493 e. The van der Waals surface area contributed by atoms with Crippen LogP contribution in [-0.2, 0) is 4.79 Å². The van der Waals surface area contributed by atoms with Crippen molar-refractivity contribution in [2.24, 2.45) is 0 Å². The zero-order chi connectivity index (χ0) is 22.1. The molecule has 0 saturated heterocycles. The molecule has 0 radical (unpaired) electrons. The molecule has 162 valence electrons. The van der Waals surface area contributed by atoms with E-state index in [0.29, 0.717) is 29.4 Å². The van der Waals surface area contributed by atoms with Crippen LogP contribution in [0.1, 0.15) is 41.6 Å². The summed E-state index contributed by atoms with van der Waals surface area (Å²) in [6.45, 7) is 4.01. The van der Waals surface area contributed by atoms with Gasteiger partial charge in [-0.1, -0.05) is 31.6 Å². The van der Waals surface area contributed by atoms with Crippen LogP contribution in [0.4, 0.5) is 5.69 Å². The number of hydrogen-bond acceptors (Lipinski definition) is 4. The topological polar surface area (TPSA) is 76.7 Å². The molecule has 1 aliphatic carbocycles. The number of hydrogen-bond donors (Lipinski definition) is 2. The summed E-state index contributed by atoms with van der Waals surface area (Å²) < 4.78 is 10.9. The smallest absolute Gasteiger partial charge is 0.251 e. The predicted octanol–water partition coefficient (Wildman–Crippen LogP) is 4.58. The normalized spacial score (nSPS) is 13.7. The molecule has 0 unspecified atom stereocenters. The van der Waals surface area contributed by atoms with Gasteiger partial charge in [-0.2, -0.15) is 0 Å². The molecule has 2 aromatic carbocycles. The molecule has 6 heteroatoms. The maximum absolute atomic E-state index is 12.3. The molecule has 6 nitrogen and oxygen atoms in total. The summed E-state index contributed by atoms with van der Waals surface area (Å²) in [5, 5.41) is 5.85. The fraction of sp³-hybridized carbons (Fsp3) is 0.280. The average molecular weight is 421 g/mol. The minimum absolute atomic E-state index is 0.0702. The van der Waals surface area contributed by atoms with Crippen molar-refractivity contribution in [2.45, 2.75) is 31.7 Å². The Morgan fingerprint density at radius 1 is 1.10 bits per heavy atom. The van der Waals surface area contributed by atoms with Crippen LogP contribution < -0.4 is 20.1 Å². The van der Waals surface area contributed by atoms with Crippen molar-refractivity contribution in [2.75, 3.05) is 19.0 Å². The highest BCUT2D eigenvalue weighted by Gasteiger charge is 2.17. The third kappa shape index (κ3) is 6.47. The van der Waals surface area contributed by atoms with Crippen molar-refractivity contribution < 1.29 is 19.1 Å². The molecule has 2 N–H and O–H groups in total. The molecule has 0 atom stereocenters. The molecule has 0 bridgehead atoms. The number of rotatable bonds is 9. The van der Waals surface area contributed by atoms with Gasteiger partial charge in [0.1, 0.15) is 6.61 Å². The van der Waals surface area contributed by atoms with Crippen LogP contribution in [0, 0.1) is 0 Å². The van der Waals surface area contributed by atoms with Crippen LogP contribution in [0.15, 0.2) is 61.2 Å². The van der Waals surface area contributed by atoms with Crippen molar-refractivity contribution in [1.29, 1.82) is 0 Å². The first-order valence-corrected chi connectivity index (χ1v) is 10.4. The van der Waals surface area contributed by atoms with Crippen molar-refractivity contribution >= 4 is 23.6 Å². The second kappa shape index (κ2) is 11.0. The molecule has 31 heavy (non-hydrogen) atoms. The fourth-order valence-electron chi connectivity index (χ4n) is 3.46. The van der Waals surface area contributed by atoms with Gasteiger partial charge < -0.3 is 20.1 Å². The molecule has 1 fully saturated rings. The Kier molecular flexibility index (Phi) is 7.87. The molecule has 0 spiro atoms. The summed E-state index contributed by atoms with van der Waals surface area (Å²) in [4.78, 5) is 24.5. The SMILES string of the molecule is C=CCOc1ccc(/C=C/C(=O)Nc2ccc(C(=O)NC3CCCC3)cc2)cc1OC. The second-order valence-corrected chi connectivity index (χ2v) is 7.36. The number of amides is 2. The van der Waals surface area contributed by atoms with Gasteiger partial charge in [-0.05, 0) is 60.9 Å². The van der Waals surface area contributed by atoms with E-state index in [2.05, 4.69) is 17.2 Å². The van der Waals surface area contributed by atoms with Crippen molar-refractivity contribution in [3.63, 3.8) is 0 Å². The number of anilines is 1. The zero-order valence-corrected chi connectivity index (χ0v) is 17.7. The van der Waals surface area contributed by atoms with Crippen LogP contribution >= 0.6 is 0 Å². The van der Waals surface area contributed by atoms with Gasteiger partial charge in [0.05, 0.1) is 7.11 Å². The number of ether oxygens (including phenoxy) is 2. The van der Waals surface area contributed by atoms with E-state index in [1.807, 2.05) is 6.07 Å². The summed E-state index contributed by atoms with van der Waals surface area (Å²) in [5.41, 5.74) is 2.01. The first kappa shape index (κ1) is 22.2. The van der Waals surface area contributed by atoms with E-state index >= 15 is 0 Å². The first-order valence-electron chi connectivity index (χ1n) is 10.4. The number of carbonyl (C=O) groups excluding carboxylic acids is 2. The van der Waals surface area contributed by atoms with Crippen molar-refractivity contribution in [3.8, 4) is 11.5 Å². The van der Waals surface area contributed by atoms with E-state index in [1.54, 1.807) is 55.7 Å². The maximum atomic E-state index is 12.3. The molecule has 0 aromatic heterocycles. The third-order valence-electron chi connectivity index (χ3n) is 5.08. The lowest BCUT2D eigenvalue weighted by Crippen LogP contribution is -2.32. The lowest BCUT2D eigenvalue weighted by atomic mass is 10.1. The molecule has 1 aliphatic rings. The molecular formula is C25H28N2O4. The van der Waals surface area contributed by atoms with Gasteiger partial charge in [-0.15, -0.1) is 0 Å². The quantitative estimate of drug-likeness (QED) is 0.460. The highest BCUT2D eigenvalue weighted by Crippen LogP contribution is 2.28. The summed E-state index contributed by atoms with van der Waals surface area (Å²) in [7, 11) is 1.56. The fourth-order valence-corrected chi connectivity index (χ4v) is 3.46.